The van der Waals surface area contributed by atoms with Gasteiger partial charge >= 0.3 is 0 Å². The summed E-state index contributed by atoms with van der Waals surface area (Å²) in [4.78, 5) is 26.1. The number of rotatable bonds is 4. The minimum atomic E-state index is -0.335. The van der Waals surface area contributed by atoms with Crippen molar-refractivity contribution in [2.24, 2.45) is 0 Å². The predicted octanol–water partition coefficient (Wildman–Crippen LogP) is 0.466. The molecule has 2 heterocycles. The summed E-state index contributed by atoms with van der Waals surface area (Å²) in [5, 5.41) is 5.27. The van der Waals surface area contributed by atoms with Gasteiger partial charge in [-0.15, -0.1) is 0 Å². The molecule has 0 aromatic carbocycles. The van der Waals surface area contributed by atoms with Gasteiger partial charge in [-0.3, -0.25) is 14.9 Å². The van der Waals surface area contributed by atoms with Gasteiger partial charge in [0.1, 0.15) is 5.82 Å². The molecule has 1 aromatic rings. The smallest absolute Gasteiger partial charge is 0.254 e. The maximum atomic E-state index is 11.2. The van der Waals surface area contributed by atoms with E-state index in [2.05, 4.69) is 15.6 Å². The molecule has 16 heavy (non-hydrogen) atoms. The van der Waals surface area contributed by atoms with E-state index >= 15 is 0 Å². The van der Waals surface area contributed by atoms with Gasteiger partial charge in [0.05, 0.1) is 0 Å². The van der Waals surface area contributed by atoms with Gasteiger partial charge in [0, 0.05) is 24.4 Å². The molecule has 0 radical (unpaired) electrons. The molecule has 5 nitrogen and oxygen atoms in total. The Morgan fingerprint density at radius 2 is 2.19 bits per heavy atom. The predicted molar refractivity (Wildman–Crippen MR) is 58.6 cm³/mol. The lowest BCUT2D eigenvalue weighted by Gasteiger charge is -2.04. The minimum absolute atomic E-state index is 0.298. The van der Waals surface area contributed by atoms with Crippen molar-refractivity contribution >= 4 is 17.6 Å². The highest BCUT2D eigenvalue weighted by molar-refractivity contribution is 6.16. The fraction of sp³-hybridized carbons (Fsp3) is 0.182. The SMILES string of the molecule is O=C1C=C(CCNc2ccccn2)C(=O)N1. The summed E-state index contributed by atoms with van der Waals surface area (Å²) in [6, 6.07) is 5.55. The zero-order valence-electron chi connectivity index (χ0n) is 8.56. The van der Waals surface area contributed by atoms with E-state index in [9.17, 15) is 9.59 Å². The van der Waals surface area contributed by atoms with Gasteiger partial charge in [-0.25, -0.2) is 4.98 Å². The molecule has 1 aromatic heterocycles. The van der Waals surface area contributed by atoms with Crippen molar-refractivity contribution in [1.29, 1.82) is 0 Å². The fourth-order valence-corrected chi connectivity index (χ4v) is 1.43. The quantitative estimate of drug-likeness (QED) is 0.719. The highest BCUT2D eigenvalue weighted by atomic mass is 16.2. The molecule has 2 amide bonds. The first kappa shape index (κ1) is 10.4. The van der Waals surface area contributed by atoms with Crippen LogP contribution >= 0.6 is 0 Å². The van der Waals surface area contributed by atoms with Gasteiger partial charge in [0.25, 0.3) is 11.8 Å². The van der Waals surface area contributed by atoms with Crippen LogP contribution in [0.4, 0.5) is 5.82 Å². The number of aromatic nitrogens is 1. The van der Waals surface area contributed by atoms with Crippen molar-refractivity contribution in [3.05, 3.63) is 36.0 Å². The first-order valence-electron chi connectivity index (χ1n) is 4.96. The Kier molecular flexibility index (Phi) is 2.95. The van der Waals surface area contributed by atoms with E-state index in [0.29, 0.717) is 18.5 Å². The van der Waals surface area contributed by atoms with Crippen LogP contribution in [-0.4, -0.2) is 23.3 Å². The molecule has 0 bridgehead atoms. The molecule has 0 saturated carbocycles. The van der Waals surface area contributed by atoms with Crippen LogP contribution < -0.4 is 10.6 Å². The maximum absolute atomic E-state index is 11.2. The summed E-state index contributed by atoms with van der Waals surface area (Å²) in [7, 11) is 0. The third-order valence-electron chi connectivity index (χ3n) is 2.20. The van der Waals surface area contributed by atoms with Crippen molar-refractivity contribution in [2.45, 2.75) is 6.42 Å². The summed E-state index contributed by atoms with van der Waals surface area (Å²) in [5.74, 6) is 0.124. The van der Waals surface area contributed by atoms with Gasteiger partial charge in [0.15, 0.2) is 0 Å². The number of imide groups is 1. The first-order valence-corrected chi connectivity index (χ1v) is 4.96. The number of carbonyl (C=O) groups excluding carboxylic acids is 2. The monoisotopic (exact) mass is 217 g/mol. The normalized spacial score (nSPS) is 14.6. The maximum Gasteiger partial charge on any atom is 0.254 e. The first-order chi connectivity index (χ1) is 7.75. The molecule has 1 aliphatic rings. The topological polar surface area (TPSA) is 71.1 Å². The van der Waals surface area contributed by atoms with E-state index in [1.54, 1.807) is 6.20 Å². The molecule has 0 fully saturated rings. The van der Waals surface area contributed by atoms with E-state index in [1.807, 2.05) is 18.2 Å². The molecule has 0 unspecified atom stereocenters. The van der Waals surface area contributed by atoms with E-state index in [0.717, 1.165) is 5.82 Å². The number of carbonyl (C=O) groups is 2. The van der Waals surface area contributed by atoms with Crippen molar-refractivity contribution in [3.63, 3.8) is 0 Å². The lowest BCUT2D eigenvalue weighted by molar-refractivity contribution is -0.123. The second kappa shape index (κ2) is 4.57. The van der Waals surface area contributed by atoms with Crippen LogP contribution in [0.25, 0.3) is 0 Å². The third-order valence-corrected chi connectivity index (χ3v) is 2.20. The Hall–Kier alpha value is -2.17. The minimum Gasteiger partial charge on any atom is -0.370 e. The Morgan fingerprint density at radius 1 is 1.31 bits per heavy atom. The molecule has 0 aliphatic carbocycles. The van der Waals surface area contributed by atoms with Gasteiger partial charge in [-0.1, -0.05) is 6.07 Å². The molecular formula is C11H11N3O2. The largest absolute Gasteiger partial charge is 0.370 e. The van der Waals surface area contributed by atoms with Crippen LogP contribution in [0.1, 0.15) is 6.42 Å². The fourth-order valence-electron chi connectivity index (χ4n) is 1.43. The standard InChI is InChI=1S/C11H11N3O2/c15-10-7-8(11(16)14-10)4-6-13-9-3-1-2-5-12-9/h1-3,5,7H,4,6H2,(H,12,13)(H,14,15,16). The number of amides is 2. The molecule has 2 N–H and O–H groups in total. The Bertz CT molecular complexity index is 440. The molecule has 0 spiro atoms. The van der Waals surface area contributed by atoms with Crippen LogP contribution in [0.2, 0.25) is 0 Å². The summed E-state index contributed by atoms with van der Waals surface area (Å²) in [6.45, 7) is 0.573. The van der Waals surface area contributed by atoms with Crippen molar-refractivity contribution in [3.8, 4) is 0 Å². The Balaban J connectivity index is 1.83. The molecule has 0 saturated heterocycles. The molecule has 82 valence electrons. The summed E-state index contributed by atoms with van der Waals surface area (Å²) >= 11 is 0. The van der Waals surface area contributed by atoms with Gasteiger partial charge in [-0.05, 0) is 18.6 Å². The molecule has 5 heteroatoms. The van der Waals surface area contributed by atoms with Crippen LogP contribution in [0.15, 0.2) is 36.0 Å². The van der Waals surface area contributed by atoms with Crippen LogP contribution in [-0.2, 0) is 9.59 Å². The number of hydrogen-bond donors (Lipinski definition) is 2. The highest BCUT2D eigenvalue weighted by Gasteiger charge is 2.19. The second-order valence-corrected chi connectivity index (χ2v) is 3.38. The van der Waals surface area contributed by atoms with Crippen LogP contribution in [0.5, 0.6) is 0 Å². The second-order valence-electron chi connectivity index (χ2n) is 3.38. The number of nitrogens with zero attached hydrogens (tertiary/aromatic N) is 1. The average molecular weight is 217 g/mol. The number of hydrogen-bond acceptors (Lipinski definition) is 4. The lowest BCUT2D eigenvalue weighted by Crippen LogP contribution is -2.22. The lowest BCUT2D eigenvalue weighted by atomic mass is 10.2. The summed E-state index contributed by atoms with van der Waals surface area (Å²) in [5.41, 5.74) is 0.508. The third kappa shape index (κ3) is 2.44. The molecule has 1 aliphatic heterocycles. The number of anilines is 1. The Labute approximate surface area is 92.6 Å². The Morgan fingerprint density at radius 3 is 2.81 bits per heavy atom. The zero-order chi connectivity index (χ0) is 11.4. The van der Waals surface area contributed by atoms with Crippen LogP contribution in [0, 0.1) is 0 Å². The number of nitrogens with one attached hydrogen (secondary N) is 2. The highest BCUT2D eigenvalue weighted by Crippen LogP contribution is 2.08. The zero-order valence-corrected chi connectivity index (χ0v) is 8.56. The van der Waals surface area contributed by atoms with Crippen LogP contribution in [0.3, 0.4) is 0 Å². The summed E-state index contributed by atoms with van der Waals surface area (Å²) in [6.07, 6.45) is 3.53. The molecule has 2 rings (SSSR count). The molecular weight excluding hydrogens is 206 g/mol. The van der Waals surface area contributed by atoms with Gasteiger partial charge < -0.3 is 5.32 Å². The van der Waals surface area contributed by atoms with E-state index in [4.69, 9.17) is 0 Å². The molecule has 0 atom stereocenters. The van der Waals surface area contributed by atoms with Gasteiger partial charge in [0.2, 0.25) is 0 Å². The average Bonchev–Trinajstić information content (AvgIpc) is 2.59. The summed E-state index contributed by atoms with van der Waals surface area (Å²) < 4.78 is 0. The van der Waals surface area contributed by atoms with Crippen molar-refractivity contribution in [2.75, 3.05) is 11.9 Å². The van der Waals surface area contributed by atoms with Crippen molar-refractivity contribution < 1.29 is 9.59 Å². The van der Waals surface area contributed by atoms with E-state index in [1.165, 1.54) is 6.08 Å². The van der Waals surface area contributed by atoms with E-state index < -0.39 is 0 Å². The van der Waals surface area contributed by atoms with Gasteiger partial charge in [-0.2, -0.15) is 0 Å². The number of pyridine rings is 1. The van der Waals surface area contributed by atoms with Crippen molar-refractivity contribution in [1.82, 2.24) is 10.3 Å². The van der Waals surface area contributed by atoms with E-state index in [-0.39, 0.29) is 11.8 Å².